The first-order valence-electron chi connectivity index (χ1n) is 7.01. The Hall–Kier alpha value is -2.37. The molecule has 1 amide bonds. The second-order valence-electron chi connectivity index (χ2n) is 5.51. The van der Waals surface area contributed by atoms with Gasteiger partial charge in [-0.05, 0) is 30.9 Å². The highest BCUT2D eigenvalue weighted by Gasteiger charge is 2.12. The van der Waals surface area contributed by atoms with Crippen LogP contribution in [0.1, 0.15) is 53.9 Å². The van der Waals surface area contributed by atoms with Crippen LogP contribution in [0.2, 0.25) is 0 Å². The maximum absolute atomic E-state index is 12.0. The zero-order valence-electron chi connectivity index (χ0n) is 12.5. The molecule has 0 aliphatic rings. The lowest BCUT2D eigenvalue weighted by Crippen LogP contribution is -2.13. The first-order chi connectivity index (χ1) is 9.95. The highest BCUT2D eigenvalue weighted by molar-refractivity contribution is 6.04. The fourth-order valence-corrected chi connectivity index (χ4v) is 1.91. The first kappa shape index (κ1) is 15.0. The Kier molecular flexibility index (Phi) is 4.57. The standard InChI is InChI=1S/C15H20N4O2/c1-9(2)4-5-11-8-14(19-18-11)17-15(21)13-7-6-12(16-13)10(3)20/h6-9,16H,4-5H2,1-3H3,(H2,17,18,19,21). The van der Waals surface area contributed by atoms with E-state index in [0.717, 1.165) is 18.5 Å². The average molecular weight is 288 g/mol. The van der Waals surface area contributed by atoms with Crippen LogP contribution in [-0.4, -0.2) is 26.9 Å². The van der Waals surface area contributed by atoms with Crippen molar-refractivity contribution in [2.45, 2.75) is 33.6 Å². The van der Waals surface area contributed by atoms with Crippen molar-refractivity contribution in [2.24, 2.45) is 5.92 Å². The van der Waals surface area contributed by atoms with Crippen molar-refractivity contribution in [2.75, 3.05) is 5.32 Å². The van der Waals surface area contributed by atoms with E-state index in [0.29, 0.717) is 23.1 Å². The number of carbonyl (C=O) groups is 2. The molecule has 2 heterocycles. The number of aromatic nitrogens is 3. The van der Waals surface area contributed by atoms with Gasteiger partial charge in [0.05, 0.1) is 5.69 Å². The van der Waals surface area contributed by atoms with Crippen LogP contribution in [0.4, 0.5) is 5.82 Å². The zero-order chi connectivity index (χ0) is 15.4. The molecule has 2 rings (SSSR count). The number of nitrogens with zero attached hydrogens (tertiary/aromatic N) is 1. The molecular weight excluding hydrogens is 268 g/mol. The summed E-state index contributed by atoms with van der Waals surface area (Å²) in [6.45, 7) is 5.77. The van der Waals surface area contributed by atoms with E-state index in [1.807, 2.05) is 6.07 Å². The average Bonchev–Trinajstić information content (AvgIpc) is 3.05. The molecule has 0 aliphatic carbocycles. The van der Waals surface area contributed by atoms with Crippen molar-refractivity contribution in [3.63, 3.8) is 0 Å². The molecule has 0 aliphatic heterocycles. The molecule has 0 aromatic carbocycles. The van der Waals surface area contributed by atoms with E-state index in [1.54, 1.807) is 12.1 Å². The molecule has 0 unspecified atom stereocenters. The van der Waals surface area contributed by atoms with Crippen molar-refractivity contribution < 1.29 is 9.59 Å². The number of carbonyl (C=O) groups excluding carboxylic acids is 2. The van der Waals surface area contributed by atoms with E-state index < -0.39 is 0 Å². The molecule has 0 radical (unpaired) electrons. The van der Waals surface area contributed by atoms with E-state index in [2.05, 4.69) is 34.3 Å². The molecule has 0 fully saturated rings. The summed E-state index contributed by atoms with van der Waals surface area (Å²) in [4.78, 5) is 26.0. The Morgan fingerprint density at radius 2 is 2.00 bits per heavy atom. The Balaban J connectivity index is 1.97. The van der Waals surface area contributed by atoms with Crippen LogP contribution in [0.5, 0.6) is 0 Å². The molecular formula is C15H20N4O2. The number of rotatable bonds is 6. The maximum Gasteiger partial charge on any atom is 0.273 e. The van der Waals surface area contributed by atoms with Gasteiger partial charge < -0.3 is 10.3 Å². The summed E-state index contributed by atoms with van der Waals surface area (Å²) in [5.41, 5.74) is 1.75. The van der Waals surface area contributed by atoms with Gasteiger partial charge in [0.15, 0.2) is 11.6 Å². The molecule has 6 nitrogen and oxygen atoms in total. The SMILES string of the molecule is CC(=O)c1ccc(C(=O)Nc2cc(CCC(C)C)[nH]n2)[nH]1. The van der Waals surface area contributed by atoms with E-state index in [9.17, 15) is 9.59 Å². The minimum Gasteiger partial charge on any atom is -0.348 e. The molecule has 0 spiro atoms. The Morgan fingerprint density at radius 1 is 1.29 bits per heavy atom. The number of ketones is 1. The minimum atomic E-state index is -0.315. The third-order valence-corrected chi connectivity index (χ3v) is 3.17. The number of anilines is 1. The predicted octanol–water partition coefficient (Wildman–Crippen LogP) is 2.78. The molecule has 2 aromatic rings. The van der Waals surface area contributed by atoms with Gasteiger partial charge in [0.2, 0.25) is 0 Å². The lowest BCUT2D eigenvalue weighted by atomic mass is 10.1. The third-order valence-electron chi connectivity index (χ3n) is 3.17. The van der Waals surface area contributed by atoms with Crippen molar-refractivity contribution in [3.05, 3.63) is 35.3 Å². The van der Waals surface area contributed by atoms with Crippen LogP contribution in [-0.2, 0) is 6.42 Å². The van der Waals surface area contributed by atoms with Crippen LogP contribution in [0.25, 0.3) is 0 Å². The van der Waals surface area contributed by atoms with Gasteiger partial charge in [0.25, 0.3) is 5.91 Å². The molecule has 0 saturated heterocycles. The van der Waals surface area contributed by atoms with E-state index in [1.165, 1.54) is 6.92 Å². The quantitative estimate of drug-likeness (QED) is 0.714. The van der Waals surface area contributed by atoms with Crippen LogP contribution in [0.3, 0.4) is 0 Å². The highest BCUT2D eigenvalue weighted by Crippen LogP contribution is 2.12. The van der Waals surface area contributed by atoms with Crippen LogP contribution >= 0.6 is 0 Å². The molecule has 2 aromatic heterocycles. The predicted molar refractivity (Wildman–Crippen MR) is 80.5 cm³/mol. The molecule has 0 atom stereocenters. The topological polar surface area (TPSA) is 90.6 Å². The van der Waals surface area contributed by atoms with E-state index >= 15 is 0 Å². The van der Waals surface area contributed by atoms with Crippen molar-refractivity contribution >= 4 is 17.5 Å². The fraction of sp³-hybridized carbons (Fsp3) is 0.400. The normalized spacial score (nSPS) is 10.9. The second-order valence-corrected chi connectivity index (χ2v) is 5.51. The van der Waals surface area contributed by atoms with Gasteiger partial charge in [-0.1, -0.05) is 13.8 Å². The Morgan fingerprint density at radius 3 is 2.62 bits per heavy atom. The van der Waals surface area contributed by atoms with E-state index in [-0.39, 0.29) is 11.7 Å². The number of hydrogen-bond donors (Lipinski definition) is 3. The zero-order valence-corrected chi connectivity index (χ0v) is 12.5. The third kappa shape index (κ3) is 4.05. The summed E-state index contributed by atoms with van der Waals surface area (Å²) >= 11 is 0. The number of amides is 1. The minimum absolute atomic E-state index is 0.107. The lowest BCUT2D eigenvalue weighted by molar-refractivity contribution is 0.101. The molecule has 0 bridgehead atoms. The van der Waals surface area contributed by atoms with Gasteiger partial charge in [-0.2, -0.15) is 5.10 Å². The van der Waals surface area contributed by atoms with E-state index in [4.69, 9.17) is 0 Å². The van der Waals surface area contributed by atoms with Crippen LogP contribution < -0.4 is 5.32 Å². The summed E-state index contributed by atoms with van der Waals surface area (Å²) in [5.74, 6) is 0.683. The van der Waals surface area contributed by atoms with Gasteiger partial charge in [0.1, 0.15) is 5.69 Å². The molecule has 112 valence electrons. The Labute approximate surface area is 123 Å². The molecule has 3 N–H and O–H groups in total. The number of Topliss-reactive ketones (excluding diaryl/α,β-unsaturated/α-hetero) is 1. The van der Waals surface area contributed by atoms with Crippen molar-refractivity contribution in [1.82, 2.24) is 15.2 Å². The largest absolute Gasteiger partial charge is 0.348 e. The highest BCUT2D eigenvalue weighted by atomic mass is 16.2. The van der Waals surface area contributed by atoms with Crippen molar-refractivity contribution in [3.8, 4) is 0 Å². The summed E-state index contributed by atoms with van der Waals surface area (Å²) in [6.07, 6.45) is 1.96. The van der Waals surface area contributed by atoms with Gasteiger partial charge in [-0.3, -0.25) is 14.7 Å². The summed E-state index contributed by atoms with van der Waals surface area (Å²) in [5, 5.41) is 9.67. The van der Waals surface area contributed by atoms with Gasteiger partial charge in [0, 0.05) is 18.7 Å². The molecule has 0 saturated carbocycles. The smallest absolute Gasteiger partial charge is 0.273 e. The van der Waals surface area contributed by atoms with Crippen molar-refractivity contribution in [1.29, 1.82) is 0 Å². The monoisotopic (exact) mass is 288 g/mol. The van der Waals surface area contributed by atoms with Gasteiger partial charge in [-0.25, -0.2) is 0 Å². The maximum atomic E-state index is 12.0. The lowest BCUT2D eigenvalue weighted by Gasteiger charge is -2.01. The number of aryl methyl sites for hydroxylation is 1. The molecule has 21 heavy (non-hydrogen) atoms. The number of H-pyrrole nitrogens is 2. The summed E-state index contributed by atoms with van der Waals surface area (Å²) < 4.78 is 0. The Bertz CT molecular complexity index is 640. The number of hydrogen-bond acceptors (Lipinski definition) is 3. The molecule has 6 heteroatoms. The number of aromatic amines is 2. The van der Waals surface area contributed by atoms with Gasteiger partial charge >= 0.3 is 0 Å². The summed E-state index contributed by atoms with van der Waals surface area (Å²) in [6, 6.07) is 5.00. The second kappa shape index (κ2) is 6.39. The van der Waals surface area contributed by atoms with Crippen LogP contribution in [0.15, 0.2) is 18.2 Å². The first-order valence-corrected chi connectivity index (χ1v) is 7.01. The summed E-state index contributed by atoms with van der Waals surface area (Å²) in [7, 11) is 0. The fourth-order valence-electron chi connectivity index (χ4n) is 1.91. The van der Waals surface area contributed by atoms with Gasteiger partial charge in [-0.15, -0.1) is 0 Å². The van der Waals surface area contributed by atoms with Crippen LogP contribution in [0, 0.1) is 5.92 Å². The number of nitrogens with one attached hydrogen (secondary N) is 3.